The number of anilines is 2. The number of pyridine rings is 1. The molecule has 6 nitrogen and oxygen atoms in total. The number of carbonyl (C=O) groups excluding carboxylic acids is 2. The number of carbonyl (C=O) groups is 2. The fourth-order valence-electron chi connectivity index (χ4n) is 2.61. The van der Waals surface area contributed by atoms with Crippen LogP contribution >= 0.6 is 23.1 Å². The summed E-state index contributed by atoms with van der Waals surface area (Å²) < 4.78 is 0. The van der Waals surface area contributed by atoms with Gasteiger partial charge in [0.1, 0.15) is 5.03 Å². The fraction of sp³-hybridized carbons (Fsp3) is 0.111. The Morgan fingerprint density at radius 2 is 2.00 bits per heavy atom. The predicted octanol–water partition coefficient (Wildman–Crippen LogP) is 3.43. The van der Waals surface area contributed by atoms with E-state index in [-0.39, 0.29) is 11.8 Å². The summed E-state index contributed by atoms with van der Waals surface area (Å²) in [5.41, 5.74) is 2.33. The van der Waals surface area contributed by atoms with E-state index in [4.69, 9.17) is 0 Å². The van der Waals surface area contributed by atoms with Gasteiger partial charge < -0.3 is 4.90 Å². The van der Waals surface area contributed by atoms with Gasteiger partial charge in [-0.05, 0) is 29.8 Å². The lowest BCUT2D eigenvalue weighted by Gasteiger charge is -2.28. The summed E-state index contributed by atoms with van der Waals surface area (Å²) in [7, 11) is 0. The van der Waals surface area contributed by atoms with Crippen molar-refractivity contribution in [2.45, 2.75) is 11.6 Å². The summed E-state index contributed by atoms with van der Waals surface area (Å²) in [5, 5.41) is 5.99. The van der Waals surface area contributed by atoms with Crippen LogP contribution in [0.2, 0.25) is 0 Å². The van der Waals surface area contributed by atoms with E-state index < -0.39 is 0 Å². The van der Waals surface area contributed by atoms with Crippen LogP contribution in [0.5, 0.6) is 0 Å². The Morgan fingerprint density at radius 1 is 1.15 bits per heavy atom. The normalized spacial score (nSPS) is 13.4. The molecular weight excluding hydrogens is 368 g/mol. The summed E-state index contributed by atoms with van der Waals surface area (Å²) in [4.78, 5) is 34.6. The van der Waals surface area contributed by atoms with E-state index in [1.54, 1.807) is 34.8 Å². The second-order valence-corrected chi connectivity index (χ2v) is 7.44. The lowest BCUT2D eigenvalue weighted by atomic mass is 10.1. The molecule has 0 atom stereocenters. The maximum atomic E-state index is 12.3. The van der Waals surface area contributed by atoms with Crippen LogP contribution in [0.1, 0.15) is 15.9 Å². The molecule has 0 aliphatic carbocycles. The molecule has 0 bridgehead atoms. The largest absolute Gasteiger partial charge is 0.305 e. The molecule has 4 rings (SSSR count). The molecule has 0 spiro atoms. The number of nitrogens with one attached hydrogen (secondary N) is 1. The third kappa shape index (κ3) is 3.47. The highest BCUT2D eigenvalue weighted by molar-refractivity contribution is 8.00. The van der Waals surface area contributed by atoms with Gasteiger partial charge in [-0.3, -0.25) is 14.9 Å². The van der Waals surface area contributed by atoms with E-state index in [0.29, 0.717) is 23.0 Å². The summed E-state index contributed by atoms with van der Waals surface area (Å²) in [6.45, 7) is 0.451. The molecule has 0 radical (unpaired) electrons. The van der Waals surface area contributed by atoms with Crippen LogP contribution in [0.25, 0.3) is 0 Å². The Bertz CT molecular complexity index is 942. The lowest BCUT2D eigenvalue weighted by molar-refractivity contribution is -0.116. The molecule has 1 N–H and O–H groups in total. The maximum absolute atomic E-state index is 12.3. The standard InChI is InChI=1S/C18H14N4O2S2/c23-15-11-26-17-14(2-1-7-19-17)22(15)10-12-3-5-13(6-4-12)16(24)21-18-20-8-9-25-18/h1-9H,10-11H2,(H,20,21,24). The minimum atomic E-state index is -0.202. The highest BCUT2D eigenvalue weighted by Gasteiger charge is 2.25. The van der Waals surface area contributed by atoms with Gasteiger partial charge in [0.05, 0.1) is 18.0 Å². The van der Waals surface area contributed by atoms with Crippen molar-refractivity contribution >= 4 is 45.7 Å². The molecule has 0 saturated heterocycles. The quantitative estimate of drug-likeness (QED) is 0.748. The van der Waals surface area contributed by atoms with E-state index in [0.717, 1.165) is 16.3 Å². The third-order valence-corrected chi connectivity index (χ3v) is 5.55. The van der Waals surface area contributed by atoms with Gasteiger partial charge in [0.2, 0.25) is 5.91 Å². The van der Waals surface area contributed by atoms with Crippen LogP contribution in [0.3, 0.4) is 0 Å². The minimum Gasteiger partial charge on any atom is -0.305 e. The zero-order valence-electron chi connectivity index (χ0n) is 13.6. The molecule has 1 aliphatic heterocycles. The van der Waals surface area contributed by atoms with Crippen molar-refractivity contribution in [1.29, 1.82) is 0 Å². The van der Waals surface area contributed by atoms with Crippen molar-refractivity contribution < 1.29 is 9.59 Å². The first kappa shape index (κ1) is 16.7. The highest BCUT2D eigenvalue weighted by Crippen LogP contribution is 2.34. The Hall–Kier alpha value is -2.71. The molecule has 3 aromatic rings. The van der Waals surface area contributed by atoms with E-state index in [1.165, 1.54) is 23.1 Å². The van der Waals surface area contributed by atoms with Gasteiger partial charge >= 0.3 is 0 Å². The number of aromatic nitrogens is 2. The zero-order valence-corrected chi connectivity index (χ0v) is 15.2. The van der Waals surface area contributed by atoms with Crippen LogP contribution in [-0.4, -0.2) is 27.5 Å². The summed E-state index contributed by atoms with van der Waals surface area (Å²) >= 11 is 2.83. The number of thioether (sulfide) groups is 1. The summed E-state index contributed by atoms with van der Waals surface area (Å²) in [6.07, 6.45) is 3.37. The molecule has 26 heavy (non-hydrogen) atoms. The molecule has 1 aromatic carbocycles. The number of benzene rings is 1. The number of amides is 2. The maximum Gasteiger partial charge on any atom is 0.257 e. The molecule has 2 aromatic heterocycles. The van der Waals surface area contributed by atoms with E-state index in [1.807, 2.05) is 24.3 Å². The fourth-order valence-corrected chi connectivity index (χ4v) is 4.01. The molecule has 8 heteroatoms. The van der Waals surface area contributed by atoms with Crippen molar-refractivity contribution in [3.8, 4) is 0 Å². The number of hydrogen-bond donors (Lipinski definition) is 1. The SMILES string of the molecule is O=C(Nc1nccs1)c1ccc(CN2C(=O)CSc3ncccc32)cc1. The Labute approximate surface area is 158 Å². The molecular formula is C18H14N4O2S2. The second-order valence-electron chi connectivity index (χ2n) is 5.58. The summed E-state index contributed by atoms with van der Waals surface area (Å²) in [5.74, 6) is 0.241. The van der Waals surface area contributed by atoms with E-state index in [9.17, 15) is 9.59 Å². The first-order valence-corrected chi connectivity index (χ1v) is 9.75. The molecule has 1 aliphatic rings. The number of nitrogens with zero attached hydrogens (tertiary/aromatic N) is 3. The van der Waals surface area contributed by atoms with Gasteiger partial charge in [-0.2, -0.15) is 0 Å². The van der Waals surface area contributed by atoms with Crippen molar-refractivity contribution in [3.63, 3.8) is 0 Å². The van der Waals surface area contributed by atoms with E-state index >= 15 is 0 Å². The Kier molecular flexibility index (Phi) is 4.68. The van der Waals surface area contributed by atoms with Crippen molar-refractivity contribution in [3.05, 3.63) is 65.3 Å². The summed E-state index contributed by atoms with van der Waals surface area (Å²) in [6, 6.07) is 11.0. The highest BCUT2D eigenvalue weighted by atomic mass is 32.2. The lowest BCUT2D eigenvalue weighted by Crippen LogP contribution is -2.35. The zero-order chi connectivity index (χ0) is 17.9. The smallest absolute Gasteiger partial charge is 0.257 e. The average Bonchev–Trinajstić information content (AvgIpc) is 3.17. The van der Waals surface area contributed by atoms with Crippen LogP contribution in [0, 0.1) is 0 Å². The molecule has 0 unspecified atom stereocenters. The van der Waals surface area contributed by atoms with Crippen molar-refractivity contribution in [2.24, 2.45) is 0 Å². The van der Waals surface area contributed by atoms with E-state index in [2.05, 4.69) is 15.3 Å². The number of thiazole rings is 1. The molecule has 0 fully saturated rings. The monoisotopic (exact) mass is 382 g/mol. The number of fused-ring (bicyclic) bond motifs is 1. The average molecular weight is 382 g/mol. The van der Waals surface area contributed by atoms with Crippen LogP contribution in [-0.2, 0) is 11.3 Å². The minimum absolute atomic E-state index is 0.0566. The van der Waals surface area contributed by atoms with Gasteiger partial charge in [0, 0.05) is 23.3 Å². The van der Waals surface area contributed by atoms with Crippen LogP contribution in [0.15, 0.2) is 59.2 Å². The third-order valence-electron chi connectivity index (χ3n) is 3.88. The predicted molar refractivity (Wildman–Crippen MR) is 103 cm³/mol. The van der Waals surface area contributed by atoms with Gasteiger partial charge in [-0.15, -0.1) is 11.3 Å². The Balaban J connectivity index is 1.49. The number of hydrogen-bond acceptors (Lipinski definition) is 6. The molecule has 2 amide bonds. The van der Waals surface area contributed by atoms with Crippen molar-refractivity contribution in [2.75, 3.05) is 16.0 Å². The Morgan fingerprint density at radius 3 is 2.77 bits per heavy atom. The van der Waals surface area contributed by atoms with Gasteiger partial charge in [-0.1, -0.05) is 23.9 Å². The van der Waals surface area contributed by atoms with Gasteiger partial charge in [0.25, 0.3) is 5.91 Å². The van der Waals surface area contributed by atoms with Gasteiger partial charge in [-0.25, -0.2) is 9.97 Å². The molecule has 3 heterocycles. The molecule has 0 saturated carbocycles. The topological polar surface area (TPSA) is 75.2 Å². The first-order valence-electron chi connectivity index (χ1n) is 7.89. The van der Waals surface area contributed by atoms with Gasteiger partial charge in [0.15, 0.2) is 5.13 Å². The van der Waals surface area contributed by atoms with Crippen molar-refractivity contribution in [1.82, 2.24) is 9.97 Å². The molecule has 130 valence electrons. The van der Waals surface area contributed by atoms with Crippen LogP contribution < -0.4 is 10.2 Å². The number of rotatable bonds is 4. The first-order chi connectivity index (χ1) is 12.7. The second kappa shape index (κ2) is 7.27. The van der Waals surface area contributed by atoms with Crippen LogP contribution in [0.4, 0.5) is 10.8 Å².